The highest BCUT2D eigenvalue weighted by Gasteiger charge is 2.05. The molecule has 0 amide bonds. The van der Waals surface area contributed by atoms with Gasteiger partial charge in [0.2, 0.25) is 0 Å². The first-order valence-corrected chi connectivity index (χ1v) is 2.80. The van der Waals surface area contributed by atoms with Crippen molar-refractivity contribution >= 4 is 0 Å². The van der Waals surface area contributed by atoms with E-state index in [1.807, 2.05) is 0 Å². The highest BCUT2D eigenvalue weighted by atomic mass is 16.5. The first kappa shape index (κ1) is 6.01. The normalized spacial score (nSPS) is 25.1. The standard InChI is InChI=1S/C5H11NO2/c6-5-3-7-1-2-8-4-5/h5H,1-4,6H2. The van der Waals surface area contributed by atoms with Crippen molar-refractivity contribution in [1.29, 1.82) is 0 Å². The zero-order chi connectivity index (χ0) is 5.82. The van der Waals surface area contributed by atoms with Crippen LogP contribution in [0.25, 0.3) is 0 Å². The van der Waals surface area contributed by atoms with Crippen molar-refractivity contribution in [2.24, 2.45) is 5.73 Å². The SMILES string of the molecule is NC1COCCOC1. The van der Waals surface area contributed by atoms with Crippen LogP contribution in [0.3, 0.4) is 0 Å². The lowest BCUT2D eigenvalue weighted by Gasteiger charge is -2.03. The number of rotatable bonds is 0. The fourth-order valence-corrected chi connectivity index (χ4v) is 0.635. The third-order valence-corrected chi connectivity index (χ3v) is 1.04. The molecule has 0 bridgehead atoms. The van der Waals surface area contributed by atoms with Crippen molar-refractivity contribution in [3.8, 4) is 0 Å². The van der Waals surface area contributed by atoms with Crippen LogP contribution in [0.15, 0.2) is 0 Å². The predicted octanol–water partition coefficient (Wildman–Crippen LogP) is -0.640. The molecule has 1 rings (SSSR count). The minimum atomic E-state index is 0.0810. The lowest BCUT2D eigenvalue weighted by molar-refractivity contribution is 0.103. The summed E-state index contributed by atoms with van der Waals surface area (Å²) in [5.74, 6) is 0. The largest absolute Gasteiger partial charge is 0.377 e. The summed E-state index contributed by atoms with van der Waals surface area (Å²) in [7, 11) is 0. The van der Waals surface area contributed by atoms with E-state index < -0.39 is 0 Å². The van der Waals surface area contributed by atoms with Gasteiger partial charge >= 0.3 is 0 Å². The van der Waals surface area contributed by atoms with Crippen LogP contribution < -0.4 is 5.73 Å². The van der Waals surface area contributed by atoms with E-state index >= 15 is 0 Å². The molecular weight excluding hydrogens is 106 g/mol. The lowest BCUT2D eigenvalue weighted by atomic mass is 10.4. The third kappa shape index (κ3) is 1.78. The van der Waals surface area contributed by atoms with Crippen LogP contribution in [0.1, 0.15) is 0 Å². The number of hydrogen-bond donors (Lipinski definition) is 1. The molecule has 1 saturated heterocycles. The Morgan fingerprint density at radius 3 is 2.12 bits per heavy atom. The van der Waals surface area contributed by atoms with Gasteiger partial charge < -0.3 is 15.2 Å². The fourth-order valence-electron chi connectivity index (χ4n) is 0.635. The Balaban J connectivity index is 2.17. The molecule has 0 spiro atoms. The maximum atomic E-state index is 5.48. The second-order valence-corrected chi connectivity index (χ2v) is 1.91. The smallest absolute Gasteiger partial charge is 0.0701 e. The molecule has 0 atom stereocenters. The van der Waals surface area contributed by atoms with Crippen LogP contribution in [-0.2, 0) is 9.47 Å². The minimum Gasteiger partial charge on any atom is -0.377 e. The summed E-state index contributed by atoms with van der Waals surface area (Å²) < 4.78 is 10.1. The molecule has 0 aliphatic carbocycles. The maximum absolute atomic E-state index is 5.48. The molecule has 48 valence electrons. The highest BCUT2D eigenvalue weighted by Crippen LogP contribution is 1.90. The van der Waals surface area contributed by atoms with Gasteiger partial charge in [-0.1, -0.05) is 0 Å². The fraction of sp³-hybridized carbons (Fsp3) is 1.00. The molecule has 2 N–H and O–H groups in total. The first-order valence-electron chi connectivity index (χ1n) is 2.80. The van der Waals surface area contributed by atoms with Gasteiger partial charge in [0.05, 0.1) is 32.5 Å². The van der Waals surface area contributed by atoms with Gasteiger partial charge in [-0.05, 0) is 0 Å². The average Bonchev–Trinajstić information content (AvgIpc) is 1.94. The molecule has 3 nitrogen and oxygen atoms in total. The average molecular weight is 117 g/mol. The van der Waals surface area contributed by atoms with Crippen molar-refractivity contribution < 1.29 is 9.47 Å². The topological polar surface area (TPSA) is 44.5 Å². The van der Waals surface area contributed by atoms with E-state index in [2.05, 4.69) is 0 Å². The van der Waals surface area contributed by atoms with E-state index in [4.69, 9.17) is 15.2 Å². The summed E-state index contributed by atoms with van der Waals surface area (Å²) in [6.45, 7) is 2.65. The molecule has 0 radical (unpaired) electrons. The third-order valence-electron chi connectivity index (χ3n) is 1.04. The van der Waals surface area contributed by atoms with Gasteiger partial charge in [-0.3, -0.25) is 0 Å². The van der Waals surface area contributed by atoms with Crippen LogP contribution >= 0.6 is 0 Å². The molecule has 0 saturated carbocycles. The Hall–Kier alpha value is -0.120. The van der Waals surface area contributed by atoms with E-state index in [1.54, 1.807) is 0 Å². The van der Waals surface area contributed by atoms with Crippen LogP contribution in [0, 0.1) is 0 Å². The van der Waals surface area contributed by atoms with Gasteiger partial charge in [0.15, 0.2) is 0 Å². The molecule has 8 heavy (non-hydrogen) atoms. The summed E-state index contributed by atoms with van der Waals surface area (Å²) in [4.78, 5) is 0. The minimum absolute atomic E-state index is 0.0810. The van der Waals surface area contributed by atoms with Crippen molar-refractivity contribution in [1.82, 2.24) is 0 Å². The summed E-state index contributed by atoms with van der Waals surface area (Å²) in [6, 6.07) is 0.0810. The Bertz CT molecular complexity index is 59.4. The second kappa shape index (κ2) is 3.02. The van der Waals surface area contributed by atoms with Crippen molar-refractivity contribution in [2.75, 3.05) is 26.4 Å². The van der Waals surface area contributed by atoms with E-state index in [0.717, 1.165) is 0 Å². The quantitative estimate of drug-likeness (QED) is 0.459. The van der Waals surface area contributed by atoms with Gasteiger partial charge in [-0.15, -0.1) is 0 Å². The summed E-state index contributed by atoms with van der Waals surface area (Å²) in [5.41, 5.74) is 5.48. The molecule has 1 aliphatic rings. The van der Waals surface area contributed by atoms with Crippen LogP contribution in [0.4, 0.5) is 0 Å². The molecule has 0 unspecified atom stereocenters. The lowest BCUT2D eigenvalue weighted by Crippen LogP contribution is -2.28. The first-order chi connectivity index (χ1) is 3.89. The number of nitrogens with two attached hydrogens (primary N) is 1. The summed E-state index contributed by atoms with van der Waals surface area (Å²) >= 11 is 0. The molecule has 3 heteroatoms. The molecule has 1 heterocycles. The number of hydrogen-bond acceptors (Lipinski definition) is 3. The van der Waals surface area contributed by atoms with Crippen LogP contribution in [-0.4, -0.2) is 32.5 Å². The number of ether oxygens (including phenoxy) is 2. The van der Waals surface area contributed by atoms with E-state index in [9.17, 15) is 0 Å². The molecule has 0 aromatic carbocycles. The highest BCUT2D eigenvalue weighted by molar-refractivity contribution is 4.59. The van der Waals surface area contributed by atoms with Gasteiger partial charge in [0.25, 0.3) is 0 Å². The Kier molecular flexibility index (Phi) is 2.27. The van der Waals surface area contributed by atoms with Crippen molar-refractivity contribution in [2.45, 2.75) is 6.04 Å². The Morgan fingerprint density at radius 1 is 1.12 bits per heavy atom. The molecule has 0 aromatic heterocycles. The van der Waals surface area contributed by atoms with Gasteiger partial charge in [-0.25, -0.2) is 0 Å². The van der Waals surface area contributed by atoms with Gasteiger partial charge in [-0.2, -0.15) is 0 Å². The summed E-state index contributed by atoms with van der Waals surface area (Å²) in [6.07, 6.45) is 0. The Morgan fingerprint density at radius 2 is 1.62 bits per heavy atom. The zero-order valence-corrected chi connectivity index (χ0v) is 4.80. The van der Waals surface area contributed by atoms with Gasteiger partial charge in [0, 0.05) is 0 Å². The molecule has 0 aromatic rings. The van der Waals surface area contributed by atoms with Gasteiger partial charge in [0.1, 0.15) is 0 Å². The summed E-state index contributed by atoms with van der Waals surface area (Å²) in [5, 5.41) is 0. The van der Waals surface area contributed by atoms with Crippen LogP contribution in [0.5, 0.6) is 0 Å². The van der Waals surface area contributed by atoms with E-state index in [-0.39, 0.29) is 6.04 Å². The predicted molar refractivity (Wildman–Crippen MR) is 29.6 cm³/mol. The zero-order valence-electron chi connectivity index (χ0n) is 4.80. The second-order valence-electron chi connectivity index (χ2n) is 1.91. The van der Waals surface area contributed by atoms with E-state index in [0.29, 0.717) is 26.4 Å². The molecular formula is C5H11NO2. The monoisotopic (exact) mass is 117 g/mol. The maximum Gasteiger partial charge on any atom is 0.0701 e. The van der Waals surface area contributed by atoms with Crippen molar-refractivity contribution in [3.63, 3.8) is 0 Å². The molecule has 1 aliphatic heterocycles. The van der Waals surface area contributed by atoms with Crippen molar-refractivity contribution in [3.05, 3.63) is 0 Å². The molecule has 1 fully saturated rings. The van der Waals surface area contributed by atoms with E-state index in [1.165, 1.54) is 0 Å². The Labute approximate surface area is 48.8 Å². The van der Waals surface area contributed by atoms with Crippen LogP contribution in [0.2, 0.25) is 0 Å².